The van der Waals surface area contributed by atoms with Crippen molar-refractivity contribution in [2.45, 2.75) is 52.0 Å². The van der Waals surface area contributed by atoms with Crippen molar-refractivity contribution in [3.05, 3.63) is 51.8 Å². The fraction of sp³-hybridized carbons (Fsp3) is 0.421. The van der Waals surface area contributed by atoms with Gasteiger partial charge >= 0.3 is 0 Å². The van der Waals surface area contributed by atoms with Crippen LogP contribution in [0.1, 0.15) is 49.1 Å². The van der Waals surface area contributed by atoms with E-state index < -0.39 is 0 Å². The van der Waals surface area contributed by atoms with Crippen LogP contribution in [0.25, 0.3) is 5.69 Å². The molecule has 0 atom stereocenters. The number of rotatable bonds is 3. The molecule has 2 aromatic rings. The molecule has 0 radical (unpaired) electrons. The summed E-state index contributed by atoms with van der Waals surface area (Å²) < 4.78 is 3.46. The zero-order chi connectivity index (χ0) is 15.5. The maximum Gasteiger partial charge on any atom is 0.0499 e. The lowest BCUT2D eigenvalue weighted by Crippen LogP contribution is -2.09. The third-order valence-electron chi connectivity index (χ3n) is 4.62. The second-order valence-corrected chi connectivity index (χ2v) is 6.93. The van der Waals surface area contributed by atoms with Crippen LogP contribution >= 0.6 is 15.9 Å². The van der Waals surface area contributed by atoms with Gasteiger partial charge in [0.25, 0.3) is 0 Å². The van der Waals surface area contributed by atoms with Crippen molar-refractivity contribution in [2.75, 3.05) is 0 Å². The Morgan fingerprint density at radius 2 is 1.73 bits per heavy atom. The molecule has 3 rings (SSSR count). The van der Waals surface area contributed by atoms with E-state index in [1.165, 1.54) is 54.7 Å². The molecule has 1 saturated carbocycles. The Labute approximate surface area is 141 Å². The lowest BCUT2D eigenvalue weighted by Gasteiger charge is -2.17. The smallest absolute Gasteiger partial charge is 0.0499 e. The van der Waals surface area contributed by atoms with Crippen molar-refractivity contribution < 1.29 is 0 Å². The topological polar surface area (TPSA) is 17.3 Å². The van der Waals surface area contributed by atoms with Crippen LogP contribution in [-0.2, 0) is 0 Å². The molecule has 1 fully saturated rings. The van der Waals surface area contributed by atoms with E-state index in [1.807, 2.05) is 0 Å². The molecule has 0 bridgehead atoms. The van der Waals surface area contributed by atoms with E-state index in [0.29, 0.717) is 6.04 Å². The molecule has 0 unspecified atom stereocenters. The maximum atomic E-state index is 4.85. The number of benzene rings is 1. The standard InChI is InChI=1S/C19H23BrN2/c1-14-18(13-21-16-9-5-3-6-10-16)19(20)15(2)22(14)17-11-7-4-8-12-17/h4,7-8,11-13,16H,3,5-6,9-10H2,1-2H3. The van der Waals surface area contributed by atoms with Gasteiger partial charge in [-0.3, -0.25) is 4.99 Å². The summed E-state index contributed by atoms with van der Waals surface area (Å²) in [6.45, 7) is 4.33. The van der Waals surface area contributed by atoms with Crippen LogP contribution in [0.3, 0.4) is 0 Å². The van der Waals surface area contributed by atoms with E-state index in [1.54, 1.807) is 0 Å². The summed E-state index contributed by atoms with van der Waals surface area (Å²) in [5, 5.41) is 0. The highest BCUT2D eigenvalue weighted by molar-refractivity contribution is 9.10. The average molecular weight is 359 g/mol. The van der Waals surface area contributed by atoms with Crippen molar-refractivity contribution in [3.8, 4) is 5.69 Å². The molecule has 22 heavy (non-hydrogen) atoms. The lowest BCUT2D eigenvalue weighted by atomic mass is 9.96. The van der Waals surface area contributed by atoms with Gasteiger partial charge in [-0.25, -0.2) is 0 Å². The SMILES string of the molecule is Cc1c(Br)c(C=NC2CCCCC2)c(C)n1-c1ccccc1. The van der Waals surface area contributed by atoms with Gasteiger partial charge in [-0.2, -0.15) is 0 Å². The number of nitrogens with zero attached hydrogens (tertiary/aromatic N) is 2. The second-order valence-electron chi connectivity index (χ2n) is 6.14. The first kappa shape index (κ1) is 15.5. The normalized spacial score (nSPS) is 16.5. The Morgan fingerprint density at radius 1 is 1.05 bits per heavy atom. The molecule has 2 nitrogen and oxygen atoms in total. The van der Waals surface area contributed by atoms with Crippen LogP contribution in [0.4, 0.5) is 0 Å². The number of halogens is 1. The van der Waals surface area contributed by atoms with E-state index >= 15 is 0 Å². The monoisotopic (exact) mass is 358 g/mol. The van der Waals surface area contributed by atoms with Crippen molar-refractivity contribution in [1.29, 1.82) is 0 Å². The molecule has 3 heteroatoms. The van der Waals surface area contributed by atoms with Gasteiger partial charge in [0, 0.05) is 39.4 Å². The molecule has 0 amide bonds. The summed E-state index contributed by atoms with van der Waals surface area (Å²) in [5.41, 5.74) is 4.89. The fourth-order valence-electron chi connectivity index (χ4n) is 3.35. The van der Waals surface area contributed by atoms with Gasteiger partial charge in [-0.1, -0.05) is 37.5 Å². The van der Waals surface area contributed by atoms with Crippen molar-refractivity contribution in [1.82, 2.24) is 4.57 Å². The number of para-hydroxylation sites is 1. The third kappa shape index (κ3) is 3.05. The second kappa shape index (κ2) is 6.82. The molecule has 116 valence electrons. The van der Waals surface area contributed by atoms with Crippen LogP contribution in [0.15, 0.2) is 39.8 Å². The first-order valence-corrected chi connectivity index (χ1v) is 8.94. The summed E-state index contributed by atoms with van der Waals surface area (Å²) in [4.78, 5) is 4.85. The van der Waals surface area contributed by atoms with E-state index in [4.69, 9.17) is 4.99 Å². The van der Waals surface area contributed by atoms with Crippen LogP contribution in [-0.4, -0.2) is 16.8 Å². The van der Waals surface area contributed by atoms with Crippen LogP contribution in [0, 0.1) is 13.8 Å². The van der Waals surface area contributed by atoms with Crippen LogP contribution < -0.4 is 0 Å². The molecule has 0 saturated heterocycles. The Morgan fingerprint density at radius 3 is 2.41 bits per heavy atom. The predicted molar refractivity (Wildman–Crippen MR) is 97.4 cm³/mol. The number of aliphatic imine (C=N–C) groups is 1. The van der Waals surface area contributed by atoms with Gasteiger partial charge in [0.05, 0.1) is 0 Å². The maximum absolute atomic E-state index is 4.85. The van der Waals surface area contributed by atoms with Gasteiger partial charge in [-0.15, -0.1) is 0 Å². The minimum absolute atomic E-state index is 0.514. The average Bonchev–Trinajstić information content (AvgIpc) is 2.77. The summed E-state index contributed by atoms with van der Waals surface area (Å²) >= 11 is 3.76. The molecule has 1 heterocycles. The van der Waals surface area contributed by atoms with Crippen LogP contribution in [0.2, 0.25) is 0 Å². The summed E-state index contributed by atoms with van der Waals surface area (Å²) in [6, 6.07) is 11.0. The molecular formula is C19H23BrN2. The minimum Gasteiger partial charge on any atom is -0.317 e. The molecule has 0 N–H and O–H groups in total. The molecule has 1 aliphatic rings. The van der Waals surface area contributed by atoms with Crippen molar-refractivity contribution >= 4 is 22.1 Å². The van der Waals surface area contributed by atoms with Gasteiger partial charge in [0.2, 0.25) is 0 Å². The molecule has 1 aromatic heterocycles. The first-order chi connectivity index (χ1) is 10.7. The minimum atomic E-state index is 0.514. The van der Waals surface area contributed by atoms with Gasteiger partial charge in [-0.05, 0) is 54.8 Å². The molecule has 1 aromatic carbocycles. The zero-order valence-corrected chi connectivity index (χ0v) is 14.9. The predicted octanol–water partition coefficient (Wildman–Crippen LogP) is 5.61. The largest absolute Gasteiger partial charge is 0.317 e. The number of hydrogen-bond donors (Lipinski definition) is 0. The Bertz CT molecular complexity index is 664. The molecule has 0 spiro atoms. The Hall–Kier alpha value is -1.35. The van der Waals surface area contributed by atoms with E-state index in [2.05, 4.69) is 70.9 Å². The van der Waals surface area contributed by atoms with Gasteiger partial charge in [0.15, 0.2) is 0 Å². The quantitative estimate of drug-likeness (QED) is 0.634. The number of hydrogen-bond acceptors (Lipinski definition) is 1. The van der Waals surface area contributed by atoms with Crippen molar-refractivity contribution in [3.63, 3.8) is 0 Å². The van der Waals surface area contributed by atoms with Gasteiger partial charge < -0.3 is 4.57 Å². The molecule has 0 aliphatic heterocycles. The van der Waals surface area contributed by atoms with E-state index in [9.17, 15) is 0 Å². The summed E-state index contributed by atoms with van der Waals surface area (Å²) in [7, 11) is 0. The summed E-state index contributed by atoms with van der Waals surface area (Å²) in [6.07, 6.45) is 8.59. The highest BCUT2D eigenvalue weighted by Gasteiger charge is 2.16. The third-order valence-corrected chi connectivity index (χ3v) is 5.62. The molecular weight excluding hydrogens is 336 g/mol. The van der Waals surface area contributed by atoms with Crippen LogP contribution in [0.5, 0.6) is 0 Å². The van der Waals surface area contributed by atoms with Crippen molar-refractivity contribution in [2.24, 2.45) is 4.99 Å². The first-order valence-electron chi connectivity index (χ1n) is 8.14. The Kier molecular flexibility index (Phi) is 4.82. The molecule has 1 aliphatic carbocycles. The Balaban J connectivity index is 1.94. The number of aromatic nitrogens is 1. The highest BCUT2D eigenvalue weighted by Crippen LogP contribution is 2.30. The fourth-order valence-corrected chi connectivity index (χ4v) is 3.92. The van der Waals surface area contributed by atoms with Gasteiger partial charge in [0.1, 0.15) is 0 Å². The summed E-state index contributed by atoms with van der Waals surface area (Å²) in [5.74, 6) is 0. The zero-order valence-electron chi connectivity index (χ0n) is 13.3. The lowest BCUT2D eigenvalue weighted by molar-refractivity contribution is 0.444. The highest BCUT2D eigenvalue weighted by atomic mass is 79.9. The van der Waals surface area contributed by atoms with E-state index in [-0.39, 0.29) is 0 Å². The van der Waals surface area contributed by atoms with E-state index in [0.717, 1.165) is 4.47 Å².